The van der Waals surface area contributed by atoms with E-state index in [1.54, 1.807) is 31.2 Å². The van der Waals surface area contributed by atoms with E-state index in [0.717, 1.165) is 11.3 Å². The van der Waals surface area contributed by atoms with Crippen LogP contribution in [0.25, 0.3) is 10.2 Å². The third kappa shape index (κ3) is 3.89. The number of methoxy groups -OCH3 is 1. The number of ketones is 1. The van der Waals surface area contributed by atoms with Crippen LogP contribution in [0.2, 0.25) is 0 Å². The highest BCUT2D eigenvalue weighted by Gasteiger charge is 2.46. The lowest BCUT2D eigenvalue weighted by molar-refractivity contribution is -0.117. The Bertz CT molecular complexity index is 1540. The van der Waals surface area contributed by atoms with Gasteiger partial charge in [-0.1, -0.05) is 17.4 Å². The fourth-order valence-corrected chi connectivity index (χ4v) is 5.17. The molecule has 0 spiro atoms. The molecule has 5 rings (SSSR count). The zero-order valence-corrected chi connectivity index (χ0v) is 20.4. The topological polar surface area (TPSA) is 102 Å². The van der Waals surface area contributed by atoms with Crippen LogP contribution >= 0.6 is 11.3 Å². The zero-order valence-electron chi connectivity index (χ0n) is 19.6. The summed E-state index contributed by atoms with van der Waals surface area (Å²) in [6.07, 6.45) is 0. The largest absolute Gasteiger partial charge is 0.503 e. The standard InChI is InChI=1S/C26H21FN2O6S/c1-4-34-17-10-6-14(11-19(17)33-3)22-21(23(30)18-9-5-13(2)35-18)24(31)25(32)29(22)26-28-16-8-7-15(27)12-20(16)36-26/h5-12,22,31H,4H2,1-3H3. The van der Waals surface area contributed by atoms with E-state index in [-0.39, 0.29) is 16.5 Å². The average Bonchev–Trinajstić information content (AvgIpc) is 3.55. The van der Waals surface area contributed by atoms with E-state index in [4.69, 9.17) is 13.9 Å². The van der Waals surface area contributed by atoms with Gasteiger partial charge in [0.05, 0.1) is 35.5 Å². The number of aliphatic hydroxyl groups is 1. The highest BCUT2D eigenvalue weighted by molar-refractivity contribution is 7.22. The summed E-state index contributed by atoms with van der Waals surface area (Å²) in [5.41, 5.74) is 0.795. The molecular weight excluding hydrogens is 487 g/mol. The molecule has 1 unspecified atom stereocenters. The van der Waals surface area contributed by atoms with Crippen LogP contribution in [0.5, 0.6) is 11.5 Å². The van der Waals surface area contributed by atoms with Gasteiger partial charge < -0.3 is 19.0 Å². The van der Waals surface area contributed by atoms with Gasteiger partial charge in [-0.15, -0.1) is 0 Å². The van der Waals surface area contributed by atoms with Gasteiger partial charge in [0.15, 0.2) is 28.1 Å². The Balaban J connectivity index is 1.69. The molecule has 0 saturated carbocycles. The molecule has 184 valence electrons. The average molecular weight is 509 g/mol. The van der Waals surface area contributed by atoms with Gasteiger partial charge in [0.25, 0.3) is 5.91 Å². The number of aliphatic hydroxyl groups excluding tert-OH is 1. The SMILES string of the molecule is CCOc1ccc(C2C(C(=O)c3ccc(C)o3)=C(O)C(=O)N2c2nc3ccc(F)cc3s2)cc1OC. The highest BCUT2D eigenvalue weighted by Crippen LogP contribution is 2.45. The van der Waals surface area contributed by atoms with Gasteiger partial charge >= 0.3 is 0 Å². The number of carbonyl (C=O) groups is 2. The van der Waals surface area contributed by atoms with Gasteiger partial charge in [-0.25, -0.2) is 9.37 Å². The second-order valence-electron chi connectivity index (χ2n) is 8.03. The van der Waals surface area contributed by atoms with Crippen LogP contribution < -0.4 is 14.4 Å². The molecule has 2 aromatic heterocycles. The summed E-state index contributed by atoms with van der Waals surface area (Å²) in [5.74, 6) is -1.23. The van der Waals surface area contributed by atoms with Crippen molar-refractivity contribution in [1.29, 1.82) is 0 Å². The summed E-state index contributed by atoms with van der Waals surface area (Å²) in [4.78, 5) is 32.6. The lowest BCUT2D eigenvalue weighted by atomic mass is 9.95. The Hall–Kier alpha value is -4.18. The molecule has 10 heteroatoms. The third-order valence-electron chi connectivity index (χ3n) is 5.77. The van der Waals surface area contributed by atoms with E-state index in [9.17, 15) is 19.1 Å². The Morgan fingerprint density at radius 1 is 1.19 bits per heavy atom. The summed E-state index contributed by atoms with van der Waals surface area (Å²) in [6, 6.07) is 11.1. The molecule has 1 aliphatic heterocycles. The number of hydrogen-bond acceptors (Lipinski definition) is 8. The minimum Gasteiger partial charge on any atom is -0.503 e. The second-order valence-corrected chi connectivity index (χ2v) is 9.04. The van der Waals surface area contributed by atoms with E-state index < -0.39 is 29.3 Å². The number of aromatic nitrogens is 1. The maximum Gasteiger partial charge on any atom is 0.296 e. The predicted octanol–water partition coefficient (Wildman–Crippen LogP) is 5.53. The van der Waals surface area contributed by atoms with E-state index in [1.165, 1.54) is 36.3 Å². The molecule has 1 N–H and O–H groups in total. The van der Waals surface area contributed by atoms with Gasteiger partial charge in [0.1, 0.15) is 11.6 Å². The molecule has 0 radical (unpaired) electrons. The smallest absolute Gasteiger partial charge is 0.296 e. The molecule has 1 aliphatic rings. The molecule has 1 amide bonds. The summed E-state index contributed by atoms with van der Waals surface area (Å²) in [7, 11) is 1.48. The maximum absolute atomic E-state index is 13.8. The number of thiazole rings is 1. The predicted molar refractivity (Wildman–Crippen MR) is 131 cm³/mol. The Morgan fingerprint density at radius 3 is 2.69 bits per heavy atom. The van der Waals surface area contributed by atoms with E-state index in [1.807, 2.05) is 6.92 Å². The summed E-state index contributed by atoms with van der Waals surface area (Å²) >= 11 is 1.07. The number of Topliss-reactive ketones (excluding diaryl/α,β-unsaturated/α-hetero) is 1. The maximum atomic E-state index is 13.8. The summed E-state index contributed by atoms with van der Waals surface area (Å²) in [5, 5.41) is 11.1. The van der Waals surface area contributed by atoms with Gasteiger partial charge in [-0.3, -0.25) is 14.5 Å². The van der Waals surface area contributed by atoms with Crippen molar-refractivity contribution < 1.29 is 33.0 Å². The number of aryl methyl sites for hydroxylation is 1. The quantitative estimate of drug-likeness (QED) is 0.328. The number of hydrogen-bond donors (Lipinski definition) is 1. The molecule has 4 aromatic rings. The number of benzene rings is 2. The fourth-order valence-electron chi connectivity index (χ4n) is 4.16. The minimum absolute atomic E-state index is 0.0158. The number of furan rings is 1. The van der Waals surface area contributed by atoms with E-state index in [0.29, 0.717) is 39.6 Å². The first-order valence-corrected chi connectivity index (χ1v) is 11.9. The summed E-state index contributed by atoms with van der Waals surface area (Å²) in [6.45, 7) is 3.93. The second kappa shape index (κ2) is 9.12. The number of carbonyl (C=O) groups excluding carboxylic acids is 2. The highest BCUT2D eigenvalue weighted by atomic mass is 32.1. The molecule has 0 saturated heterocycles. The van der Waals surface area contributed by atoms with Gasteiger partial charge in [-0.05, 0) is 61.9 Å². The van der Waals surface area contributed by atoms with E-state index >= 15 is 0 Å². The molecule has 0 bridgehead atoms. The number of amides is 1. The number of rotatable bonds is 7. The van der Waals surface area contributed by atoms with Crippen LogP contribution in [0.3, 0.4) is 0 Å². The lowest BCUT2D eigenvalue weighted by Gasteiger charge is -2.25. The Morgan fingerprint density at radius 2 is 2.00 bits per heavy atom. The van der Waals surface area contributed by atoms with Crippen molar-refractivity contribution in [3.8, 4) is 11.5 Å². The van der Waals surface area contributed by atoms with Crippen LogP contribution in [-0.2, 0) is 4.79 Å². The van der Waals surface area contributed by atoms with Crippen molar-refractivity contribution in [2.45, 2.75) is 19.9 Å². The molecule has 0 fully saturated rings. The number of fused-ring (bicyclic) bond motifs is 1. The minimum atomic E-state index is -1.05. The first-order chi connectivity index (χ1) is 17.3. The van der Waals surface area contributed by atoms with Crippen molar-refractivity contribution in [2.24, 2.45) is 0 Å². The Labute approximate surface area is 209 Å². The fraction of sp³-hybridized carbons (Fsp3) is 0.192. The van der Waals surface area contributed by atoms with Crippen LogP contribution in [-0.4, -0.2) is 35.5 Å². The number of nitrogens with zero attached hydrogens (tertiary/aromatic N) is 2. The van der Waals surface area contributed by atoms with Crippen LogP contribution in [0.15, 0.2) is 64.3 Å². The van der Waals surface area contributed by atoms with Gasteiger partial charge in [0.2, 0.25) is 5.78 Å². The van der Waals surface area contributed by atoms with Crippen molar-refractivity contribution >= 4 is 38.4 Å². The molecule has 3 heterocycles. The van der Waals surface area contributed by atoms with Crippen LogP contribution in [0.4, 0.5) is 9.52 Å². The van der Waals surface area contributed by atoms with Gasteiger partial charge in [0, 0.05) is 0 Å². The van der Waals surface area contributed by atoms with Crippen LogP contribution in [0, 0.1) is 12.7 Å². The number of ether oxygens (including phenoxy) is 2. The van der Waals surface area contributed by atoms with Crippen LogP contribution in [0.1, 0.15) is 34.8 Å². The summed E-state index contributed by atoms with van der Waals surface area (Å²) < 4.78 is 30.9. The molecule has 36 heavy (non-hydrogen) atoms. The van der Waals surface area contributed by atoms with Crippen molar-refractivity contribution in [2.75, 3.05) is 18.6 Å². The normalized spacial score (nSPS) is 15.7. The zero-order chi connectivity index (χ0) is 25.6. The molecule has 0 aliphatic carbocycles. The molecule has 8 nitrogen and oxygen atoms in total. The van der Waals surface area contributed by atoms with Crippen molar-refractivity contribution in [3.63, 3.8) is 0 Å². The number of anilines is 1. The molecule has 2 aromatic carbocycles. The van der Waals surface area contributed by atoms with Crippen molar-refractivity contribution in [3.05, 3.63) is 82.8 Å². The monoisotopic (exact) mass is 508 g/mol. The van der Waals surface area contributed by atoms with Gasteiger partial charge in [-0.2, -0.15) is 0 Å². The number of halogens is 1. The molecular formula is C26H21FN2O6S. The first-order valence-electron chi connectivity index (χ1n) is 11.1. The molecule has 1 atom stereocenters. The lowest BCUT2D eigenvalue weighted by Crippen LogP contribution is -2.31. The van der Waals surface area contributed by atoms with E-state index in [2.05, 4.69) is 4.98 Å². The third-order valence-corrected chi connectivity index (χ3v) is 6.78. The first kappa shape index (κ1) is 23.6. The van der Waals surface area contributed by atoms with Crippen molar-refractivity contribution in [1.82, 2.24) is 4.98 Å². The Kier molecular flexibility index (Phi) is 5.97.